The van der Waals surface area contributed by atoms with Crippen LogP contribution in [0.2, 0.25) is 0 Å². The standard InChI is InChI=1S/C21H17F3N4O2S/c22-21(23,24)14-7-5-12(6-8-14)9-18(29)26-17(19-27-28-20(31)30-19)10-13-11-25-16-4-2-1-3-15(13)16/h1-8,11,17,25H,9-10H2,(H,26,29)(H,28,31). The summed E-state index contributed by atoms with van der Waals surface area (Å²) >= 11 is 4.94. The highest BCUT2D eigenvalue weighted by atomic mass is 32.1. The van der Waals surface area contributed by atoms with Gasteiger partial charge in [-0.1, -0.05) is 30.3 Å². The number of carbonyl (C=O) groups excluding carboxylic acids is 1. The van der Waals surface area contributed by atoms with E-state index in [1.165, 1.54) is 12.1 Å². The molecule has 0 spiro atoms. The highest BCUT2D eigenvalue weighted by Crippen LogP contribution is 2.29. The van der Waals surface area contributed by atoms with Crippen molar-refractivity contribution in [2.75, 3.05) is 0 Å². The van der Waals surface area contributed by atoms with Crippen LogP contribution in [0.4, 0.5) is 13.2 Å². The van der Waals surface area contributed by atoms with Gasteiger partial charge in [-0.05, 0) is 41.5 Å². The molecule has 0 fully saturated rings. The summed E-state index contributed by atoms with van der Waals surface area (Å²) in [7, 11) is 0. The zero-order valence-corrected chi connectivity index (χ0v) is 16.8. The predicted molar refractivity (Wildman–Crippen MR) is 110 cm³/mol. The van der Waals surface area contributed by atoms with Gasteiger partial charge in [-0.15, -0.1) is 5.10 Å². The molecule has 1 amide bonds. The van der Waals surface area contributed by atoms with Crippen LogP contribution in [0.3, 0.4) is 0 Å². The molecular weight excluding hydrogens is 429 g/mol. The second-order valence-corrected chi connectivity index (χ2v) is 7.38. The van der Waals surface area contributed by atoms with Gasteiger partial charge in [0.1, 0.15) is 6.04 Å². The first kappa shape index (κ1) is 20.9. The summed E-state index contributed by atoms with van der Waals surface area (Å²) in [6.07, 6.45) is -2.28. The molecule has 2 aromatic carbocycles. The molecule has 4 rings (SSSR count). The maximum Gasteiger partial charge on any atom is 0.416 e. The van der Waals surface area contributed by atoms with Crippen LogP contribution in [0, 0.1) is 4.84 Å². The van der Waals surface area contributed by atoms with Crippen molar-refractivity contribution in [1.29, 1.82) is 0 Å². The number of aromatic amines is 2. The first-order chi connectivity index (χ1) is 14.8. The lowest BCUT2D eigenvalue weighted by Crippen LogP contribution is -2.31. The van der Waals surface area contributed by atoms with Gasteiger partial charge in [-0.3, -0.25) is 4.79 Å². The lowest BCUT2D eigenvalue weighted by Gasteiger charge is -2.15. The number of nitrogens with zero attached hydrogens (tertiary/aromatic N) is 1. The molecule has 160 valence electrons. The molecule has 0 aliphatic carbocycles. The highest BCUT2D eigenvalue weighted by Gasteiger charge is 2.30. The lowest BCUT2D eigenvalue weighted by molar-refractivity contribution is -0.137. The molecule has 3 N–H and O–H groups in total. The molecule has 0 saturated carbocycles. The van der Waals surface area contributed by atoms with Crippen LogP contribution in [0.1, 0.15) is 28.6 Å². The number of H-pyrrole nitrogens is 2. The summed E-state index contributed by atoms with van der Waals surface area (Å²) in [6.45, 7) is 0. The van der Waals surface area contributed by atoms with E-state index in [0.29, 0.717) is 12.0 Å². The van der Waals surface area contributed by atoms with Crippen molar-refractivity contribution < 1.29 is 22.4 Å². The lowest BCUT2D eigenvalue weighted by atomic mass is 10.0. The number of rotatable bonds is 6. The smallest absolute Gasteiger partial charge is 0.412 e. The number of para-hydroxylation sites is 1. The quantitative estimate of drug-likeness (QED) is 0.369. The summed E-state index contributed by atoms with van der Waals surface area (Å²) < 4.78 is 43.6. The van der Waals surface area contributed by atoms with E-state index >= 15 is 0 Å². The zero-order chi connectivity index (χ0) is 22.0. The number of hydrogen-bond acceptors (Lipinski definition) is 4. The summed E-state index contributed by atoms with van der Waals surface area (Å²) in [5.41, 5.74) is 1.59. The SMILES string of the molecule is O=C(Cc1ccc(C(F)(F)F)cc1)NC(Cc1c[nH]c2ccccc12)c1n[nH]c(=S)o1. The van der Waals surface area contributed by atoms with Crippen LogP contribution in [0.25, 0.3) is 10.9 Å². The molecule has 0 saturated heterocycles. The Balaban J connectivity index is 1.52. The predicted octanol–water partition coefficient (Wildman–Crippen LogP) is 4.87. The minimum Gasteiger partial charge on any atom is -0.412 e. The van der Waals surface area contributed by atoms with Crippen LogP contribution in [-0.4, -0.2) is 21.1 Å². The Hall–Kier alpha value is -3.40. The Bertz CT molecular complexity index is 1260. The van der Waals surface area contributed by atoms with E-state index in [9.17, 15) is 18.0 Å². The van der Waals surface area contributed by atoms with Gasteiger partial charge in [0.15, 0.2) is 0 Å². The van der Waals surface area contributed by atoms with E-state index in [2.05, 4.69) is 20.5 Å². The molecule has 6 nitrogen and oxygen atoms in total. The van der Waals surface area contributed by atoms with Crippen LogP contribution in [0.5, 0.6) is 0 Å². The van der Waals surface area contributed by atoms with Gasteiger partial charge >= 0.3 is 6.18 Å². The number of alkyl halides is 3. The molecule has 1 atom stereocenters. The van der Waals surface area contributed by atoms with Crippen molar-refractivity contribution >= 4 is 29.0 Å². The molecule has 0 radical (unpaired) electrons. The van der Waals surface area contributed by atoms with Gasteiger partial charge in [-0.25, -0.2) is 5.10 Å². The Kier molecular flexibility index (Phi) is 5.64. The van der Waals surface area contributed by atoms with Crippen molar-refractivity contribution in [2.45, 2.75) is 25.1 Å². The van der Waals surface area contributed by atoms with Crippen LogP contribution < -0.4 is 5.32 Å². The number of benzene rings is 2. The summed E-state index contributed by atoms with van der Waals surface area (Å²) in [5, 5.41) is 10.4. The Morgan fingerprint density at radius 3 is 2.58 bits per heavy atom. The number of carbonyl (C=O) groups is 1. The third-order valence-corrected chi connectivity index (χ3v) is 5.01. The molecule has 1 unspecified atom stereocenters. The average molecular weight is 446 g/mol. The molecule has 2 heterocycles. The summed E-state index contributed by atoms with van der Waals surface area (Å²) in [4.78, 5) is 15.9. The summed E-state index contributed by atoms with van der Waals surface area (Å²) in [6, 6.07) is 11.6. The highest BCUT2D eigenvalue weighted by molar-refractivity contribution is 7.71. The topological polar surface area (TPSA) is 86.7 Å². The number of nitrogens with one attached hydrogen (secondary N) is 3. The van der Waals surface area contributed by atoms with Crippen LogP contribution in [-0.2, 0) is 23.8 Å². The second kappa shape index (κ2) is 8.38. The number of amides is 1. The Morgan fingerprint density at radius 2 is 1.90 bits per heavy atom. The van der Waals surface area contributed by atoms with Crippen LogP contribution in [0.15, 0.2) is 59.1 Å². The minimum atomic E-state index is -4.42. The van der Waals surface area contributed by atoms with E-state index in [4.69, 9.17) is 16.6 Å². The molecule has 0 bridgehead atoms. The van der Waals surface area contributed by atoms with Gasteiger partial charge in [-0.2, -0.15) is 13.2 Å². The Morgan fingerprint density at radius 1 is 1.16 bits per heavy atom. The first-order valence-electron chi connectivity index (χ1n) is 9.35. The van der Waals surface area contributed by atoms with Crippen molar-refractivity contribution in [2.24, 2.45) is 0 Å². The van der Waals surface area contributed by atoms with E-state index in [1.54, 1.807) is 0 Å². The normalized spacial score (nSPS) is 12.7. The van der Waals surface area contributed by atoms with Gasteiger partial charge in [0.2, 0.25) is 11.8 Å². The fourth-order valence-corrected chi connectivity index (χ4v) is 3.48. The van der Waals surface area contributed by atoms with Crippen molar-refractivity contribution in [3.8, 4) is 0 Å². The largest absolute Gasteiger partial charge is 0.416 e. The molecule has 0 aliphatic heterocycles. The van der Waals surface area contributed by atoms with Crippen LogP contribution >= 0.6 is 12.2 Å². The number of aromatic nitrogens is 3. The minimum absolute atomic E-state index is 0.0796. The van der Waals surface area contributed by atoms with E-state index in [0.717, 1.165) is 28.6 Å². The molecule has 0 aliphatic rings. The maximum atomic E-state index is 12.7. The van der Waals surface area contributed by atoms with E-state index < -0.39 is 17.8 Å². The van der Waals surface area contributed by atoms with Gasteiger partial charge in [0, 0.05) is 23.5 Å². The van der Waals surface area contributed by atoms with E-state index in [-0.39, 0.29) is 23.1 Å². The number of fused-ring (bicyclic) bond motifs is 1. The second-order valence-electron chi connectivity index (χ2n) is 7.01. The Labute approximate surface area is 179 Å². The van der Waals surface area contributed by atoms with E-state index in [1.807, 2.05) is 30.5 Å². The molecule has 2 aromatic heterocycles. The molecular formula is C21H17F3N4O2S. The maximum absolute atomic E-state index is 12.7. The van der Waals surface area contributed by atoms with Gasteiger partial charge in [0.25, 0.3) is 4.84 Å². The molecule has 10 heteroatoms. The fraction of sp³-hybridized carbons (Fsp3) is 0.190. The van der Waals surface area contributed by atoms with Crippen molar-refractivity contribution in [1.82, 2.24) is 20.5 Å². The third kappa shape index (κ3) is 4.85. The zero-order valence-electron chi connectivity index (χ0n) is 16.0. The number of halogens is 3. The number of hydrogen-bond donors (Lipinski definition) is 3. The monoisotopic (exact) mass is 446 g/mol. The van der Waals surface area contributed by atoms with Crippen molar-refractivity contribution in [3.63, 3.8) is 0 Å². The van der Waals surface area contributed by atoms with Gasteiger partial charge in [0.05, 0.1) is 12.0 Å². The summed E-state index contributed by atoms with van der Waals surface area (Å²) in [5.74, 6) is -0.162. The average Bonchev–Trinajstić information content (AvgIpc) is 3.34. The molecule has 4 aromatic rings. The van der Waals surface area contributed by atoms with Crippen molar-refractivity contribution in [3.05, 3.63) is 82.1 Å². The van der Waals surface area contributed by atoms with Gasteiger partial charge < -0.3 is 14.7 Å². The first-order valence-corrected chi connectivity index (χ1v) is 9.76. The fourth-order valence-electron chi connectivity index (χ4n) is 3.35. The molecule has 31 heavy (non-hydrogen) atoms. The third-order valence-electron chi connectivity index (χ3n) is 4.83.